The first-order valence-electron chi connectivity index (χ1n) is 12.8. The van der Waals surface area contributed by atoms with E-state index in [1.165, 1.54) is 60.8 Å². The number of anilines is 1. The summed E-state index contributed by atoms with van der Waals surface area (Å²) in [6.07, 6.45) is 7.87. The molecule has 0 amide bonds. The van der Waals surface area contributed by atoms with Crippen LogP contribution in [-0.4, -0.2) is 23.3 Å². The van der Waals surface area contributed by atoms with Gasteiger partial charge in [-0.1, -0.05) is 88.1 Å². The zero-order valence-corrected chi connectivity index (χ0v) is 20.8. The topological polar surface area (TPSA) is 29.0 Å². The summed E-state index contributed by atoms with van der Waals surface area (Å²) in [5.74, 6) is 2.64. The predicted octanol–water partition coefficient (Wildman–Crippen LogP) is 7.86. The summed E-state index contributed by atoms with van der Waals surface area (Å²) in [5, 5.41) is 9.54. The fourth-order valence-corrected chi connectivity index (χ4v) is 5.10. The average Bonchev–Trinajstić information content (AvgIpc) is 3.03. The van der Waals surface area contributed by atoms with E-state index in [0.29, 0.717) is 0 Å². The van der Waals surface area contributed by atoms with Crippen LogP contribution in [0.3, 0.4) is 0 Å². The minimum absolute atomic E-state index is 0.772. The maximum Gasteiger partial charge on any atom is 0.159 e. The van der Waals surface area contributed by atoms with Crippen molar-refractivity contribution in [2.45, 2.75) is 66.2 Å². The second kappa shape index (κ2) is 11.0. The molecule has 2 heterocycles. The zero-order chi connectivity index (χ0) is 23.2. The highest BCUT2D eigenvalue weighted by Crippen LogP contribution is 2.36. The van der Waals surface area contributed by atoms with Crippen molar-refractivity contribution in [3.05, 3.63) is 65.7 Å². The van der Waals surface area contributed by atoms with Crippen molar-refractivity contribution in [2.75, 3.05) is 18.0 Å². The molecule has 0 aliphatic carbocycles. The lowest BCUT2D eigenvalue weighted by molar-refractivity contribution is 0.316. The molecule has 1 aliphatic heterocycles. The van der Waals surface area contributed by atoms with E-state index in [9.17, 15) is 0 Å². The molecule has 0 spiro atoms. The minimum Gasteiger partial charge on any atom is -0.355 e. The monoisotopic (exact) mass is 441 g/mol. The highest BCUT2D eigenvalue weighted by Gasteiger charge is 2.25. The Labute approximate surface area is 200 Å². The van der Waals surface area contributed by atoms with Crippen molar-refractivity contribution in [1.29, 1.82) is 0 Å². The normalized spacial score (nSPS) is 18.8. The molecule has 3 heteroatoms. The lowest BCUT2D eigenvalue weighted by Gasteiger charge is -2.24. The number of hydrogen-bond donors (Lipinski definition) is 0. The maximum atomic E-state index is 4.85. The van der Waals surface area contributed by atoms with E-state index in [-0.39, 0.29) is 0 Å². The summed E-state index contributed by atoms with van der Waals surface area (Å²) >= 11 is 0. The lowest BCUT2D eigenvalue weighted by Crippen LogP contribution is -2.26. The van der Waals surface area contributed by atoms with Gasteiger partial charge >= 0.3 is 0 Å². The first kappa shape index (κ1) is 23.5. The molecule has 33 heavy (non-hydrogen) atoms. The van der Waals surface area contributed by atoms with Crippen LogP contribution in [0.25, 0.3) is 22.4 Å². The number of rotatable bonds is 7. The summed E-state index contributed by atoms with van der Waals surface area (Å²) in [6, 6.07) is 19.4. The second-order valence-electron chi connectivity index (χ2n) is 9.93. The van der Waals surface area contributed by atoms with Crippen LogP contribution in [0.1, 0.15) is 63.5 Å². The van der Waals surface area contributed by atoms with E-state index in [4.69, 9.17) is 5.10 Å². The molecular formula is C30H39N3. The molecule has 2 atom stereocenters. The minimum atomic E-state index is 0.772. The van der Waals surface area contributed by atoms with Crippen molar-refractivity contribution in [1.82, 2.24) is 10.2 Å². The molecule has 3 aromatic rings. The maximum absolute atomic E-state index is 4.85. The van der Waals surface area contributed by atoms with E-state index in [2.05, 4.69) is 86.2 Å². The molecule has 1 fully saturated rings. The molecule has 3 nitrogen and oxygen atoms in total. The molecule has 1 saturated heterocycles. The van der Waals surface area contributed by atoms with E-state index >= 15 is 0 Å². The van der Waals surface area contributed by atoms with Gasteiger partial charge in [0.25, 0.3) is 0 Å². The number of benzene rings is 2. The summed E-state index contributed by atoms with van der Waals surface area (Å²) in [5.41, 5.74) is 7.12. The molecule has 174 valence electrons. The lowest BCUT2D eigenvalue weighted by atomic mass is 9.85. The number of aryl methyl sites for hydroxylation is 2. The molecule has 0 bridgehead atoms. The Morgan fingerprint density at radius 1 is 0.848 bits per heavy atom. The number of aromatic nitrogens is 2. The summed E-state index contributed by atoms with van der Waals surface area (Å²) < 4.78 is 0. The highest BCUT2D eigenvalue weighted by molar-refractivity contribution is 5.80. The van der Waals surface area contributed by atoms with Crippen LogP contribution < -0.4 is 4.90 Å². The van der Waals surface area contributed by atoms with Gasteiger partial charge in [0.15, 0.2) is 5.82 Å². The van der Waals surface area contributed by atoms with Gasteiger partial charge in [-0.25, -0.2) is 0 Å². The van der Waals surface area contributed by atoms with Crippen LogP contribution in [0.5, 0.6) is 0 Å². The Kier molecular flexibility index (Phi) is 7.80. The number of unbranched alkanes of at least 4 members (excludes halogenated alkanes) is 2. The van der Waals surface area contributed by atoms with Crippen LogP contribution in [0, 0.1) is 25.7 Å². The van der Waals surface area contributed by atoms with Crippen molar-refractivity contribution < 1.29 is 0 Å². The molecule has 4 rings (SSSR count). The van der Waals surface area contributed by atoms with E-state index in [1.807, 2.05) is 6.07 Å². The van der Waals surface area contributed by atoms with Gasteiger partial charge in [-0.15, -0.1) is 10.2 Å². The van der Waals surface area contributed by atoms with Gasteiger partial charge < -0.3 is 4.90 Å². The zero-order valence-electron chi connectivity index (χ0n) is 20.8. The average molecular weight is 442 g/mol. The van der Waals surface area contributed by atoms with Crippen LogP contribution in [0.4, 0.5) is 5.82 Å². The molecule has 1 aliphatic rings. The van der Waals surface area contributed by atoms with E-state index in [1.54, 1.807) is 0 Å². The van der Waals surface area contributed by atoms with Gasteiger partial charge in [-0.3, -0.25) is 0 Å². The molecule has 2 aromatic carbocycles. The Morgan fingerprint density at radius 3 is 2.39 bits per heavy atom. The van der Waals surface area contributed by atoms with Crippen LogP contribution in [-0.2, 0) is 0 Å². The third-order valence-electron chi connectivity index (χ3n) is 7.57. The fraction of sp³-hybridized carbons (Fsp3) is 0.467. The smallest absolute Gasteiger partial charge is 0.159 e. The molecule has 2 unspecified atom stereocenters. The third kappa shape index (κ3) is 5.63. The quantitative estimate of drug-likeness (QED) is 0.349. The predicted molar refractivity (Wildman–Crippen MR) is 141 cm³/mol. The number of hydrogen-bond acceptors (Lipinski definition) is 3. The Bertz CT molecular complexity index is 1040. The van der Waals surface area contributed by atoms with Gasteiger partial charge in [-0.2, -0.15) is 0 Å². The van der Waals surface area contributed by atoms with Gasteiger partial charge in [0.05, 0.1) is 5.69 Å². The Balaban J connectivity index is 1.67. The van der Waals surface area contributed by atoms with Gasteiger partial charge in [-0.05, 0) is 61.3 Å². The first-order chi connectivity index (χ1) is 16.1. The molecule has 1 aromatic heterocycles. The Hall–Kier alpha value is -2.68. The summed E-state index contributed by atoms with van der Waals surface area (Å²) in [7, 11) is 0. The second-order valence-corrected chi connectivity index (χ2v) is 9.93. The van der Waals surface area contributed by atoms with Crippen LogP contribution in [0.15, 0.2) is 54.6 Å². The van der Waals surface area contributed by atoms with Crippen LogP contribution >= 0.6 is 0 Å². The first-order valence-corrected chi connectivity index (χ1v) is 12.8. The summed E-state index contributed by atoms with van der Waals surface area (Å²) in [4.78, 5) is 2.50. The van der Waals surface area contributed by atoms with Crippen molar-refractivity contribution in [3.8, 4) is 22.4 Å². The van der Waals surface area contributed by atoms with Gasteiger partial charge in [0.2, 0.25) is 0 Å². The van der Waals surface area contributed by atoms with E-state index < -0.39 is 0 Å². The molecule has 0 saturated carbocycles. The van der Waals surface area contributed by atoms with Crippen molar-refractivity contribution >= 4 is 5.82 Å². The molecule has 0 N–H and O–H groups in total. The molecule has 0 radical (unpaired) electrons. The van der Waals surface area contributed by atoms with Crippen molar-refractivity contribution in [2.24, 2.45) is 11.8 Å². The largest absolute Gasteiger partial charge is 0.355 e. The molecular weight excluding hydrogens is 402 g/mol. The van der Waals surface area contributed by atoms with E-state index in [0.717, 1.165) is 42.0 Å². The number of nitrogens with zero attached hydrogens (tertiary/aromatic N) is 3. The standard InChI is InChI=1S/C30H39N3/c1-5-6-8-11-25-17-19-33(18-16-23(25)3)30-28(27-15-14-22(2)24(4)20-27)21-29(31-32-30)26-12-9-7-10-13-26/h7,9-10,12-15,20-21,23,25H,5-6,8,11,16-19H2,1-4H3. The van der Waals surface area contributed by atoms with Crippen molar-refractivity contribution in [3.63, 3.8) is 0 Å². The van der Waals surface area contributed by atoms with Crippen LogP contribution in [0.2, 0.25) is 0 Å². The third-order valence-corrected chi connectivity index (χ3v) is 7.57. The Morgan fingerprint density at radius 2 is 1.64 bits per heavy atom. The van der Waals surface area contributed by atoms with Gasteiger partial charge in [0, 0.05) is 24.2 Å². The summed E-state index contributed by atoms with van der Waals surface area (Å²) in [6.45, 7) is 11.2. The van der Waals surface area contributed by atoms with Gasteiger partial charge in [0.1, 0.15) is 0 Å². The fourth-order valence-electron chi connectivity index (χ4n) is 5.10. The SMILES string of the molecule is CCCCCC1CCN(c2nnc(-c3ccccc3)cc2-c2ccc(C)c(C)c2)CCC1C. The highest BCUT2D eigenvalue weighted by atomic mass is 15.3.